The van der Waals surface area contributed by atoms with Gasteiger partial charge in [-0.15, -0.1) is 0 Å². The molecule has 2 aromatic carbocycles. The molecular weight excluding hydrogens is 402 g/mol. The lowest BCUT2D eigenvalue weighted by Gasteiger charge is -2.09. The summed E-state index contributed by atoms with van der Waals surface area (Å²) in [6, 6.07) is 13.7. The molecule has 5 heteroatoms. The molecule has 0 unspecified atom stereocenters. The summed E-state index contributed by atoms with van der Waals surface area (Å²) in [5.74, 6) is 0. The molecule has 0 atom stereocenters. The fraction of sp³-hybridized carbons (Fsp3) is 0.176. The first-order valence-corrected chi connectivity index (χ1v) is 8.30. The van der Waals surface area contributed by atoms with Gasteiger partial charge in [0.15, 0.2) is 0 Å². The Morgan fingerprint density at radius 1 is 0.909 bits per heavy atom. The highest BCUT2D eigenvalue weighted by Gasteiger charge is 2.29. The minimum absolute atomic E-state index is 0.562. The number of benzene rings is 2. The maximum absolute atomic E-state index is 12.6. The molecule has 3 rings (SSSR count). The lowest BCUT2D eigenvalue weighted by molar-refractivity contribution is -0.137. The molecule has 1 aromatic heterocycles. The minimum Gasteiger partial charge on any atom is -0.343 e. The number of hydrogen-bond acceptors (Lipinski definition) is 0. The molecule has 3 aromatic rings. The Bertz CT molecular complexity index is 788. The van der Waals surface area contributed by atoms with Crippen molar-refractivity contribution in [3.05, 3.63) is 71.4 Å². The van der Waals surface area contributed by atoms with E-state index in [-0.39, 0.29) is 0 Å². The molecule has 0 N–H and O–H groups in total. The van der Waals surface area contributed by atoms with Gasteiger partial charge in [0.25, 0.3) is 0 Å². The second-order valence-electron chi connectivity index (χ2n) is 5.17. The molecule has 0 saturated heterocycles. The molecule has 0 spiro atoms. The van der Waals surface area contributed by atoms with Gasteiger partial charge in [0, 0.05) is 22.7 Å². The average Bonchev–Trinajstić information content (AvgIpc) is 2.89. The molecule has 0 amide bonds. The maximum atomic E-state index is 12.6. The molecule has 0 bridgehead atoms. The van der Waals surface area contributed by atoms with Crippen LogP contribution in [-0.4, -0.2) is 4.57 Å². The van der Waals surface area contributed by atoms with Crippen LogP contribution in [0.5, 0.6) is 0 Å². The molecule has 0 fully saturated rings. The number of aromatic nitrogens is 1. The van der Waals surface area contributed by atoms with Crippen molar-refractivity contribution in [2.24, 2.45) is 0 Å². The van der Waals surface area contributed by atoms with Gasteiger partial charge in [-0.25, -0.2) is 0 Å². The molecule has 1 heterocycles. The molecule has 22 heavy (non-hydrogen) atoms. The normalized spacial score (nSPS) is 12.0. The topological polar surface area (TPSA) is 4.93 Å². The van der Waals surface area contributed by atoms with Gasteiger partial charge in [0.2, 0.25) is 0 Å². The van der Waals surface area contributed by atoms with Crippen molar-refractivity contribution in [1.82, 2.24) is 4.57 Å². The van der Waals surface area contributed by atoms with Gasteiger partial charge < -0.3 is 4.57 Å². The van der Waals surface area contributed by atoms with E-state index in [2.05, 4.69) is 45.4 Å². The van der Waals surface area contributed by atoms with Gasteiger partial charge in [0.05, 0.1) is 5.56 Å². The summed E-state index contributed by atoms with van der Waals surface area (Å²) < 4.78 is 40.7. The van der Waals surface area contributed by atoms with Crippen LogP contribution in [0.15, 0.2) is 54.7 Å². The Morgan fingerprint density at radius 3 is 2.23 bits per heavy atom. The first-order valence-electron chi connectivity index (χ1n) is 6.77. The van der Waals surface area contributed by atoms with Crippen molar-refractivity contribution in [2.45, 2.75) is 17.1 Å². The van der Waals surface area contributed by atoms with E-state index in [1.165, 1.54) is 17.7 Å². The van der Waals surface area contributed by atoms with Gasteiger partial charge in [-0.3, -0.25) is 0 Å². The van der Waals surface area contributed by atoms with Crippen LogP contribution in [0.3, 0.4) is 0 Å². The molecule has 114 valence electrons. The summed E-state index contributed by atoms with van der Waals surface area (Å²) in [7, 11) is 0. The number of rotatable bonds is 3. The zero-order valence-corrected chi connectivity index (χ0v) is 13.7. The number of nitrogens with zero attached hydrogens (tertiary/aromatic N) is 1. The fourth-order valence-corrected chi connectivity index (χ4v) is 2.92. The van der Waals surface area contributed by atoms with Gasteiger partial charge in [-0.05, 0) is 40.8 Å². The highest BCUT2D eigenvalue weighted by atomic mass is 127. The Balaban J connectivity index is 1.90. The van der Waals surface area contributed by atoms with Crippen LogP contribution in [0.1, 0.15) is 16.7 Å². The smallest absolute Gasteiger partial charge is 0.343 e. The van der Waals surface area contributed by atoms with Crippen molar-refractivity contribution < 1.29 is 13.2 Å². The zero-order chi connectivity index (χ0) is 15.7. The van der Waals surface area contributed by atoms with Crippen LogP contribution in [0, 0.1) is 0 Å². The summed E-state index contributed by atoms with van der Waals surface area (Å²) in [6.07, 6.45) is -2.31. The third kappa shape index (κ3) is 3.14. The number of halogens is 4. The highest BCUT2D eigenvalue weighted by molar-refractivity contribution is 14.1. The maximum Gasteiger partial charge on any atom is 0.416 e. The number of hydrogen-bond donors (Lipinski definition) is 0. The minimum atomic E-state index is -4.28. The summed E-state index contributed by atoms with van der Waals surface area (Å²) in [5.41, 5.74) is 2.58. The Morgan fingerprint density at radius 2 is 1.59 bits per heavy atom. The molecule has 0 aliphatic rings. The van der Waals surface area contributed by atoms with Crippen molar-refractivity contribution in [3.8, 4) is 0 Å². The monoisotopic (exact) mass is 415 g/mol. The quantitative estimate of drug-likeness (QED) is 0.385. The van der Waals surface area contributed by atoms with Crippen molar-refractivity contribution in [1.29, 1.82) is 0 Å². The van der Waals surface area contributed by atoms with Gasteiger partial charge in [-0.2, -0.15) is 13.2 Å². The Hall–Kier alpha value is -1.50. The first kappa shape index (κ1) is 15.4. The molecule has 1 nitrogen and oxygen atoms in total. The zero-order valence-electron chi connectivity index (χ0n) is 11.6. The molecular formula is C17H13F3IN. The highest BCUT2D eigenvalue weighted by Crippen LogP contribution is 2.29. The SMILES string of the molecule is FC(F)(F)c1ccc(Cn2ccc3ccc(CI)cc32)cc1. The number of alkyl halides is 4. The fourth-order valence-electron chi connectivity index (χ4n) is 2.45. The van der Waals surface area contributed by atoms with E-state index in [0.717, 1.165) is 33.0 Å². The summed E-state index contributed by atoms with van der Waals surface area (Å²) in [5, 5.41) is 1.14. The first-order chi connectivity index (χ1) is 10.5. The lowest BCUT2D eigenvalue weighted by atomic mass is 10.1. The second kappa shape index (κ2) is 5.95. The van der Waals surface area contributed by atoms with E-state index < -0.39 is 11.7 Å². The summed E-state index contributed by atoms with van der Waals surface area (Å²) in [4.78, 5) is 0. The molecule has 0 aliphatic carbocycles. The summed E-state index contributed by atoms with van der Waals surface area (Å²) in [6.45, 7) is 0.562. The van der Waals surface area contributed by atoms with Crippen LogP contribution >= 0.6 is 22.6 Å². The van der Waals surface area contributed by atoms with Gasteiger partial charge in [-0.1, -0.05) is 46.9 Å². The predicted molar refractivity (Wildman–Crippen MR) is 90.2 cm³/mol. The number of fused-ring (bicyclic) bond motifs is 1. The average molecular weight is 415 g/mol. The van der Waals surface area contributed by atoms with Crippen molar-refractivity contribution in [3.63, 3.8) is 0 Å². The van der Waals surface area contributed by atoms with E-state index in [0.29, 0.717) is 6.54 Å². The third-order valence-corrected chi connectivity index (χ3v) is 4.51. The lowest BCUT2D eigenvalue weighted by Crippen LogP contribution is -2.05. The van der Waals surface area contributed by atoms with E-state index in [1.54, 1.807) is 0 Å². The van der Waals surface area contributed by atoms with Crippen molar-refractivity contribution >= 4 is 33.5 Å². The van der Waals surface area contributed by atoms with Crippen molar-refractivity contribution in [2.75, 3.05) is 0 Å². The van der Waals surface area contributed by atoms with Crippen LogP contribution in [-0.2, 0) is 17.1 Å². The Kier molecular flexibility index (Phi) is 4.16. The van der Waals surface area contributed by atoms with Crippen LogP contribution < -0.4 is 0 Å². The van der Waals surface area contributed by atoms with E-state index in [4.69, 9.17) is 0 Å². The second-order valence-corrected chi connectivity index (χ2v) is 5.93. The standard InChI is InChI=1S/C17H13F3IN/c18-17(19,20)15-5-2-12(3-6-15)11-22-8-7-14-4-1-13(10-21)9-16(14)22/h1-9H,10-11H2. The largest absolute Gasteiger partial charge is 0.416 e. The summed E-state index contributed by atoms with van der Waals surface area (Å²) >= 11 is 2.31. The van der Waals surface area contributed by atoms with Gasteiger partial charge in [0.1, 0.15) is 0 Å². The van der Waals surface area contributed by atoms with Crippen LogP contribution in [0.2, 0.25) is 0 Å². The molecule has 0 radical (unpaired) electrons. The third-order valence-electron chi connectivity index (χ3n) is 3.63. The van der Waals surface area contributed by atoms with E-state index in [9.17, 15) is 13.2 Å². The van der Waals surface area contributed by atoms with Gasteiger partial charge >= 0.3 is 6.18 Å². The Labute approximate surface area is 139 Å². The predicted octanol–water partition coefficient (Wildman–Crippen LogP) is 5.64. The van der Waals surface area contributed by atoms with Crippen LogP contribution in [0.4, 0.5) is 13.2 Å². The molecule has 0 aliphatic heterocycles. The van der Waals surface area contributed by atoms with Crippen LogP contribution in [0.25, 0.3) is 10.9 Å². The van der Waals surface area contributed by atoms with E-state index >= 15 is 0 Å². The van der Waals surface area contributed by atoms with E-state index in [1.807, 2.05) is 12.3 Å². The molecule has 0 saturated carbocycles.